The SMILES string of the molecule is CC(NC(=O)Nc1cc2n[nH]nc2cc1F)c1ncnn1-c1ncccn1. The fourth-order valence-corrected chi connectivity index (χ4v) is 2.48. The zero-order valence-corrected chi connectivity index (χ0v) is 14.0. The highest BCUT2D eigenvalue weighted by atomic mass is 19.1. The standard InChI is InChI=1S/C15H13FN10O/c1-8(13-19-7-20-26(13)14-17-3-2-4-18-14)21-15(27)22-10-6-12-11(5-9(10)16)23-25-24-12/h2-8H,1H3,(H2,21,22,27)(H,23,24,25). The van der Waals surface area contributed by atoms with Crippen LogP contribution in [0.5, 0.6) is 0 Å². The Hall–Kier alpha value is -3.96. The Balaban J connectivity index is 1.50. The maximum Gasteiger partial charge on any atom is 0.319 e. The monoisotopic (exact) mass is 368 g/mol. The quantitative estimate of drug-likeness (QED) is 0.494. The Bertz CT molecular complexity index is 1090. The van der Waals surface area contributed by atoms with Gasteiger partial charge >= 0.3 is 6.03 Å². The predicted octanol–water partition coefficient (Wildman–Crippen LogP) is 1.35. The third-order valence-corrected chi connectivity index (χ3v) is 3.70. The Kier molecular flexibility index (Phi) is 4.12. The Morgan fingerprint density at radius 1 is 1.19 bits per heavy atom. The molecule has 0 radical (unpaired) electrons. The molecular weight excluding hydrogens is 355 g/mol. The topological polar surface area (TPSA) is 139 Å². The van der Waals surface area contributed by atoms with Crippen molar-refractivity contribution in [2.24, 2.45) is 0 Å². The number of hydrogen-bond donors (Lipinski definition) is 3. The van der Waals surface area contributed by atoms with Gasteiger partial charge in [-0.25, -0.2) is 24.1 Å². The Morgan fingerprint density at radius 3 is 2.70 bits per heavy atom. The lowest BCUT2D eigenvalue weighted by molar-refractivity contribution is 0.248. The highest BCUT2D eigenvalue weighted by molar-refractivity contribution is 5.92. The average Bonchev–Trinajstić information content (AvgIpc) is 3.31. The van der Waals surface area contributed by atoms with E-state index < -0.39 is 17.9 Å². The van der Waals surface area contributed by atoms with E-state index in [1.54, 1.807) is 25.4 Å². The normalized spacial score (nSPS) is 12.1. The lowest BCUT2D eigenvalue weighted by Gasteiger charge is -2.14. The molecule has 1 aromatic carbocycles. The van der Waals surface area contributed by atoms with Crippen molar-refractivity contribution in [2.45, 2.75) is 13.0 Å². The van der Waals surface area contributed by atoms with Gasteiger partial charge < -0.3 is 10.6 Å². The summed E-state index contributed by atoms with van der Waals surface area (Å²) in [4.78, 5) is 24.6. The van der Waals surface area contributed by atoms with E-state index >= 15 is 0 Å². The number of carbonyl (C=O) groups excluding carboxylic acids is 1. The van der Waals surface area contributed by atoms with Gasteiger partial charge in [0.1, 0.15) is 23.2 Å². The molecule has 0 fully saturated rings. The molecule has 0 aliphatic heterocycles. The summed E-state index contributed by atoms with van der Waals surface area (Å²) in [5.41, 5.74) is 0.775. The van der Waals surface area contributed by atoms with E-state index in [1.165, 1.54) is 23.1 Å². The number of carbonyl (C=O) groups is 1. The summed E-state index contributed by atoms with van der Waals surface area (Å²) in [6.07, 6.45) is 4.47. The molecular formula is C15H13FN10O. The molecule has 12 heteroatoms. The van der Waals surface area contributed by atoms with Crippen LogP contribution >= 0.6 is 0 Å². The first-order valence-corrected chi connectivity index (χ1v) is 7.86. The van der Waals surface area contributed by atoms with Crippen molar-refractivity contribution < 1.29 is 9.18 Å². The minimum atomic E-state index is -0.625. The number of fused-ring (bicyclic) bond motifs is 1. The zero-order valence-electron chi connectivity index (χ0n) is 14.0. The van der Waals surface area contributed by atoms with Crippen molar-refractivity contribution in [3.8, 4) is 5.95 Å². The maximum absolute atomic E-state index is 14.1. The van der Waals surface area contributed by atoms with Crippen molar-refractivity contribution in [1.29, 1.82) is 0 Å². The number of aromatic amines is 1. The van der Waals surface area contributed by atoms with Gasteiger partial charge in [0.05, 0.1) is 11.7 Å². The minimum absolute atomic E-state index is 0.0195. The number of H-pyrrole nitrogens is 1. The number of nitrogens with one attached hydrogen (secondary N) is 3. The number of amides is 2. The fourth-order valence-electron chi connectivity index (χ4n) is 2.48. The second-order valence-electron chi connectivity index (χ2n) is 5.54. The molecule has 136 valence electrons. The zero-order chi connectivity index (χ0) is 18.8. The van der Waals surface area contributed by atoms with E-state index in [0.717, 1.165) is 0 Å². The summed E-state index contributed by atoms with van der Waals surface area (Å²) >= 11 is 0. The molecule has 0 saturated heterocycles. The fraction of sp³-hybridized carbons (Fsp3) is 0.133. The molecule has 11 nitrogen and oxygen atoms in total. The van der Waals surface area contributed by atoms with Crippen LogP contribution in [0.25, 0.3) is 17.0 Å². The largest absolute Gasteiger partial charge is 0.328 e. The lowest BCUT2D eigenvalue weighted by Crippen LogP contribution is -2.33. The molecule has 3 heterocycles. The van der Waals surface area contributed by atoms with Gasteiger partial charge in [-0.15, -0.1) is 0 Å². The highest BCUT2D eigenvalue weighted by Gasteiger charge is 2.19. The molecule has 0 spiro atoms. The van der Waals surface area contributed by atoms with Gasteiger partial charge in [-0.05, 0) is 19.1 Å². The van der Waals surface area contributed by atoms with Gasteiger partial charge in [-0.2, -0.15) is 25.2 Å². The number of aromatic nitrogens is 8. The summed E-state index contributed by atoms with van der Waals surface area (Å²) < 4.78 is 15.5. The number of hydrogen-bond acceptors (Lipinski definition) is 7. The molecule has 1 unspecified atom stereocenters. The number of anilines is 1. The highest BCUT2D eigenvalue weighted by Crippen LogP contribution is 2.20. The number of benzene rings is 1. The summed E-state index contributed by atoms with van der Waals surface area (Å²) in [6.45, 7) is 1.71. The van der Waals surface area contributed by atoms with E-state index in [4.69, 9.17) is 0 Å². The van der Waals surface area contributed by atoms with Crippen LogP contribution in [0, 0.1) is 5.82 Å². The van der Waals surface area contributed by atoms with Crippen LogP contribution in [0.1, 0.15) is 18.8 Å². The van der Waals surface area contributed by atoms with Crippen molar-refractivity contribution in [2.75, 3.05) is 5.32 Å². The van der Waals surface area contributed by atoms with E-state index in [0.29, 0.717) is 22.8 Å². The van der Waals surface area contributed by atoms with Gasteiger partial charge in [-0.1, -0.05) is 0 Å². The molecule has 1 atom stereocenters. The van der Waals surface area contributed by atoms with E-state index in [-0.39, 0.29) is 5.69 Å². The van der Waals surface area contributed by atoms with Crippen LogP contribution in [-0.4, -0.2) is 46.2 Å². The van der Waals surface area contributed by atoms with Gasteiger partial charge in [-0.3, -0.25) is 0 Å². The molecule has 27 heavy (non-hydrogen) atoms. The first-order chi connectivity index (χ1) is 13.1. The number of rotatable bonds is 4. The molecule has 4 rings (SSSR count). The van der Waals surface area contributed by atoms with Crippen molar-refractivity contribution in [3.05, 3.63) is 48.6 Å². The molecule has 3 N–H and O–H groups in total. The molecule has 0 aliphatic rings. The van der Waals surface area contributed by atoms with Crippen LogP contribution < -0.4 is 10.6 Å². The van der Waals surface area contributed by atoms with Crippen LogP contribution in [0.2, 0.25) is 0 Å². The second-order valence-corrected chi connectivity index (χ2v) is 5.54. The number of halogens is 1. The number of urea groups is 1. The summed E-state index contributed by atoms with van der Waals surface area (Å²) in [6, 6.07) is 3.08. The maximum atomic E-state index is 14.1. The lowest BCUT2D eigenvalue weighted by atomic mass is 10.2. The van der Waals surface area contributed by atoms with Crippen molar-refractivity contribution in [3.63, 3.8) is 0 Å². The smallest absolute Gasteiger partial charge is 0.319 e. The van der Waals surface area contributed by atoms with Crippen LogP contribution in [-0.2, 0) is 0 Å². The van der Waals surface area contributed by atoms with Gasteiger partial charge in [0.15, 0.2) is 5.82 Å². The minimum Gasteiger partial charge on any atom is -0.328 e. The third kappa shape index (κ3) is 3.27. The molecule has 0 saturated carbocycles. The summed E-state index contributed by atoms with van der Waals surface area (Å²) in [5, 5.41) is 19.2. The number of nitrogens with zero attached hydrogens (tertiary/aromatic N) is 7. The van der Waals surface area contributed by atoms with Gasteiger partial charge in [0.25, 0.3) is 5.95 Å². The van der Waals surface area contributed by atoms with Crippen molar-refractivity contribution >= 4 is 22.8 Å². The van der Waals surface area contributed by atoms with Crippen LogP contribution in [0.15, 0.2) is 36.9 Å². The van der Waals surface area contributed by atoms with Crippen molar-refractivity contribution in [1.82, 2.24) is 45.5 Å². The van der Waals surface area contributed by atoms with Crippen LogP contribution in [0.3, 0.4) is 0 Å². The van der Waals surface area contributed by atoms with Gasteiger partial charge in [0, 0.05) is 18.5 Å². The third-order valence-electron chi connectivity index (χ3n) is 3.70. The molecule has 3 aromatic heterocycles. The molecule has 4 aromatic rings. The van der Waals surface area contributed by atoms with E-state index in [2.05, 4.69) is 46.1 Å². The Morgan fingerprint density at radius 2 is 1.93 bits per heavy atom. The summed E-state index contributed by atoms with van der Waals surface area (Å²) in [5.74, 6) is 0.116. The van der Waals surface area contributed by atoms with Crippen LogP contribution in [0.4, 0.5) is 14.9 Å². The van der Waals surface area contributed by atoms with Gasteiger partial charge in [0.2, 0.25) is 0 Å². The summed E-state index contributed by atoms with van der Waals surface area (Å²) in [7, 11) is 0. The van der Waals surface area contributed by atoms with E-state index in [1.807, 2.05) is 0 Å². The molecule has 2 amide bonds. The predicted molar refractivity (Wildman–Crippen MR) is 91.4 cm³/mol. The first-order valence-electron chi connectivity index (χ1n) is 7.86. The average molecular weight is 368 g/mol. The molecule has 0 aliphatic carbocycles. The first kappa shape index (κ1) is 16.5. The van der Waals surface area contributed by atoms with E-state index in [9.17, 15) is 9.18 Å². The Labute approximate surface area is 151 Å². The molecule has 0 bridgehead atoms. The second kappa shape index (κ2) is 6.74.